The number of nitrogens with zero attached hydrogens (tertiary/aromatic N) is 5. The summed E-state index contributed by atoms with van der Waals surface area (Å²) in [6.07, 6.45) is 2.88. The summed E-state index contributed by atoms with van der Waals surface area (Å²) in [6.45, 7) is 0.893. The third-order valence-electron chi connectivity index (χ3n) is 4.77. The molecule has 0 unspecified atom stereocenters. The maximum atomic E-state index is 13.1. The monoisotopic (exact) mass is 416 g/mol. The van der Waals surface area contributed by atoms with Gasteiger partial charge in [0.2, 0.25) is 0 Å². The third kappa shape index (κ3) is 4.33. The number of carbonyl (C=O) groups excluding carboxylic acids is 1. The Morgan fingerprint density at radius 2 is 1.87 bits per heavy atom. The minimum Gasteiger partial charge on any atom is -0.350 e. The molecule has 2 aromatic carbocycles. The van der Waals surface area contributed by atoms with Gasteiger partial charge in [-0.15, -0.1) is 0 Å². The smallest absolute Gasteiger partial charge is 0.264 e. The van der Waals surface area contributed by atoms with E-state index >= 15 is 0 Å². The van der Waals surface area contributed by atoms with Crippen LogP contribution in [0.3, 0.4) is 0 Å². The highest BCUT2D eigenvalue weighted by atomic mass is 19.1. The van der Waals surface area contributed by atoms with E-state index in [0.29, 0.717) is 28.7 Å². The first-order valence-corrected chi connectivity index (χ1v) is 9.49. The molecule has 4 rings (SSSR count). The Morgan fingerprint density at radius 1 is 1.13 bits per heavy atom. The summed E-state index contributed by atoms with van der Waals surface area (Å²) in [4.78, 5) is 29.3. The van der Waals surface area contributed by atoms with Crippen LogP contribution < -0.4 is 10.9 Å². The molecule has 8 nitrogen and oxygen atoms in total. The lowest BCUT2D eigenvalue weighted by Crippen LogP contribution is -2.27. The molecule has 0 saturated heterocycles. The van der Waals surface area contributed by atoms with E-state index < -0.39 is 0 Å². The predicted molar refractivity (Wildman–Crippen MR) is 111 cm³/mol. The Kier molecular flexibility index (Phi) is 5.53. The number of aromatic nitrogens is 4. The summed E-state index contributed by atoms with van der Waals surface area (Å²) in [5.41, 5.74) is 1.89. The van der Waals surface area contributed by atoms with Crippen molar-refractivity contribution in [3.05, 3.63) is 93.9 Å². The summed E-state index contributed by atoms with van der Waals surface area (Å²) in [6, 6.07) is 14.3. The van der Waals surface area contributed by atoms with Crippen molar-refractivity contribution in [1.82, 2.24) is 24.6 Å². The van der Waals surface area contributed by atoms with Gasteiger partial charge in [-0.2, -0.15) is 10.4 Å². The molecule has 9 heteroatoms. The number of halogens is 1. The maximum absolute atomic E-state index is 13.1. The molecule has 1 N–H and O–H groups in total. The number of fused-ring (bicyclic) bond motifs is 1. The standard InChI is InChI=1S/C22H17FN6O2/c23-18-7-3-16(4-8-18)13-28-14-26-20-19(22(28)31)12-27-29(20)10-9-25-21(30)17-5-1-15(11-24)2-6-17/h1-8,12,14H,9-10,13H2,(H,25,30). The van der Waals surface area contributed by atoms with E-state index in [1.165, 1.54) is 29.2 Å². The SMILES string of the molecule is N#Cc1ccc(C(=O)NCCn2ncc3c(=O)n(Cc4ccc(F)cc4)cnc32)cc1. The van der Waals surface area contributed by atoms with Crippen LogP contribution in [0.1, 0.15) is 21.5 Å². The predicted octanol–water partition coefficient (Wildman–Crippen LogP) is 2.08. The topological polar surface area (TPSA) is 106 Å². The van der Waals surface area contributed by atoms with E-state index in [9.17, 15) is 14.0 Å². The molecule has 0 spiro atoms. The molecule has 0 aliphatic heterocycles. The molecule has 4 aromatic rings. The van der Waals surface area contributed by atoms with Gasteiger partial charge < -0.3 is 5.32 Å². The van der Waals surface area contributed by atoms with Gasteiger partial charge in [-0.25, -0.2) is 14.1 Å². The highest BCUT2D eigenvalue weighted by Crippen LogP contribution is 2.08. The van der Waals surface area contributed by atoms with Crippen molar-refractivity contribution in [3.8, 4) is 6.07 Å². The van der Waals surface area contributed by atoms with Gasteiger partial charge >= 0.3 is 0 Å². The fourth-order valence-corrected chi connectivity index (χ4v) is 3.13. The quantitative estimate of drug-likeness (QED) is 0.518. The molecule has 0 atom stereocenters. The van der Waals surface area contributed by atoms with Crippen LogP contribution in [0, 0.1) is 17.1 Å². The van der Waals surface area contributed by atoms with Gasteiger partial charge in [0.25, 0.3) is 11.5 Å². The Bertz CT molecular complexity index is 1330. The van der Waals surface area contributed by atoms with Crippen molar-refractivity contribution in [3.63, 3.8) is 0 Å². The number of benzene rings is 2. The second kappa shape index (κ2) is 8.59. The zero-order valence-electron chi connectivity index (χ0n) is 16.3. The number of nitrogens with one attached hydrogen (secondary N) is 1. The van der Waals surface area contributed by atoms with Gasteiger partial charge in [0.05, 0.1) is 30.9 Å². The summed E-state index contributed by atoms with van der Waals surface area (Å²) < 4.78 is 16.1. The molecule has 0 bridgehead atoms. The summed E-state index contributed by atoms with van der Waals surface area (Å²) >= 11 is 0. The van der Waals surface area contributed by atoms with Crippen molar-refractivity contribution in [2.45, 2.75) is 13.1 Å². The van der Waals surface area contributed by atoms with Gasteiger partial charge in [-0.1, -0.05) is 12.1 Å². The van der Waals surface area contributed by atoms with Crippen molar-refractivity contribution in [1.29, 1.82) is 5.26 Å². The summed E-state index contributed by atoms with van der Waals surface area (Å²) in [5, 5.41) is 16.2. The van der Waals surface area contributed by atoms with E-state index in [4.69, 9.17) is 5.26 Å². The van der Waals surface area contributed by atoms with Gasteiger partial charge in [0.1, 0.15) is 17.5 Å². The Balaban J connectivity index is 1.43. The van der Waals surface area contributed by atoms with Gasteiger partial charge in [-0.3, -0.25) is 14.2 Å². The first kappa shape index (κ1) is 20.0. The van der Waals surface area contributed by atoms with Gasteiger partial charge in [0.15, 0.2) is 5.65 Å². The van der Waals surface area contributed by atoms with Crippen LogP contribution in [0.5, 0.6) is 0 Å². The molecule has 0 aliphatic carbocycles. The number of hydrogen-bond acceptors (Lipinski definition) is 5. The first-order valence-electron chi connectivity index (χ1n) is 9.49. The Morgan fingerprint density at radius 3 is 2.58 bits per heavy atom. The maximum Gasteiger partial charge on any atom is 0.264 e. The van der Waals surface area contributed by atoms with Crippen LogP contribution >= 0.6 is 0 Å². The molecule has 2 heterocycles. The summed E-state index contributed by atoms with van der Waals surface area (Å²) in [7, 11) is 0. The number of nitriles is 1. The highest BCUT2D eigenvalue weighted by Gasteiger charge is 2.11. The first-order chi connectivity index (χ1) is 15.0. The van der Waals surface area contributed by atoms with E-state index in [1.807, 2.05) is 6.07 Å². The van der Waals surface area contributed by atoms with Crippen LogP contribution in [-0.2, 0) is 13.1 Å². The van der Waals surface area contributed by atoms with Crippen LogP contribution in [0.2, 0.25) is 0 Å². The Labute approximate surface area is 176 Å². The minimum atomic E-state index is -0.336. The lowest BCUT2D eigenvalue weighted by Gasteiger charge is -2.08. The zero-order chi connectivity index (χ0) is 21.8. The Hall–Kier alpha value is -4.32. The average Bonchev–Trinajstić information content (AvgIpc) is 3.21. The van der Waals surface area contributed by atoms with Crippen molar-refractivity contribution < 1.29 is 9.18 Å². The number of amides is 1. The normalized spacial score (nSPS) is 10.7. The van der Waals surface area contributed by atoms with Crippen molar-refractivity contribution in [2.24, 2.45) is 0 Å². The molecular weight excluding hydrogens is 399 g/mol. The van der Waals surface area contributed by atoms with Gasteiger partial charge in [0, 0.05) is 12.1 Å². The van der Waals surface area contributed by atoms with Crippen LogP contribution in [0.4, 0.5) is 4.39 Å². The van der Waals surface area contributed by atoms with Crippen LogP contribution in [-0.4, -0.2) is 31.8 Å². The number of hydrogen-bond donors (Lipinski definition) is 1. The molecule has 2 aromatic heterocycles. The van der Waals surface area contributed by atoms with E-state index in [1.54, 1.807) is 41.1 Å². The fourth-order valence-electron chi connectivity index (χ4n) is 3.13. The third-order valence-corrected chi connectivity index (χ3v) is 4.77. The molecule has 0 aliphatic rings. The van der Waals surface area contributed by atoms with Crippen LogP contribution in [0.15, 0.2) is 65.8 Å². The zero-order valence-corrected chi connectivity index (χ0v) is 16.3. The average molecular weight is 416 g/mol. The van der Waals surface area contributed by atoms with E-state index in [-0.39, 0.29) is 30.4 Å². The van der Waals surface area contributed by atoms with Crippen molar-refractivity contribution in [2.75, 3.05) is 6.54 Å². The van der Waals surface area contributed by atoms with Crippen molar-refractivity contribution >= 4 is 16.9 Å². The largest absolute Gasteiger partial charge is 0.350 e. The van der Waals surface area contributed by atoms with Crippen LogP contribution in [0.25, 0.3) is 11.0 Å². The van der Waals surface area contributed by atoms with E-state index in [0.717, 1.165) is 5.56 Å². The second-order valence-electron chi connectivity index (χ2n) is 6.85. The molecule has 154 valence electrons. The van der Waals surface area contributed by atoms with E-state index in [2.05, 4.69) is 15.4 Å². The van der Waals surface area contributed by atoms with Gasteiger partial charge in [-0.05, 0) is 42.0 Å². The molecular formula is C22H17FN6O2. The lowest BCUT2D eigenvalue weighted by molar-refractivity contribution is 0.0952. The summed E-state index contributed by atoms with van der Waals surface area (Å²) in [5.74, 6) is -0.604. The second-order valence-corrected chi connectivity index (χ2v) is 6.85. The molecule has 31 heavy (non-hydrogen) atoms. The molecule has 0 radical (unpaired) electrons. The molecule has 0 saturated carbocycles. The minimum absolute atomic E-state index is 0.248. The number of carbonyl (C=O) groups is 1. The lowest BCUT2D eigenvalue weighted by atomic mass is 10.1. The molecule has 0 fully saturated rings. The number of rotatable bonds is 6. The fraction of sp³-hybridized carbons (Fsp3) is 0.136. The highest BCUT2D eigenvalue weighted by molar-refractivity contribution is 5.94. The molecule has 1 amide bonds.